The third-order valence-corrected chi connectivity index (χ3v) is 0.966. The molecule has 0 saturated carbocycles. The van der Waals surface area contributed by atoms with Crippen molar-refractivity contribution < 1.29 is 5.11 Å². The lowest BCUT2D eigenvalue weighted by molar-refractivity contribution is 0.253. The van der Waals surface area contributed by atoms with Crippen LogP contribution in [0.5, 0.6) is 0 Å². The SMILES string of the molecule is CCCCC#C[C@@H](C)O. The highest BCUT2D eigenvalue weighted by molar-refractivity contribution is 5.02. The summed E-state index contributed by atoms with van der Waals surface area (Å²) < 4.78 is 0. The first-order chi connectivity index (χ1) is 4.27. The van der Waals surface area contributed by atoms with Crippen LogP contribution < -0.4 is 0 Å². The van der Waals surface area contributed by atoms with Gasteiger partial charge in [-0.05, 0) is 13.3 Å². The Labute approximate surface area is 57.1 Å². The fraction of sp³-hybridized carbons (Fsp3) is 0.750. The third kappa shape index (κ3) is 7.52. The fourth-order valence-electron chi connectivity index (χ4n) is 0.485. The molecule has 9 heavy (non-hydrogen) atoms. The molecule has 0 amide bonds. The summed E-state index contributed by atoms with van der Waals surface area (Å²) in [6.45, 7) is 3.81. The van der Waals surface area contributed by atoms with E-state index in [1.54, 1.807) is 6.92 Å². The second-order valence-electron chi connectivity index (χ2n) is 2.10. The first kappa shape index (κ1) is 8.52. The zero-order valence-corrected chi connectivity index (χ0v) is 6.15. The van der Waals surface area contributed by atoms with Crippen molar-refractivity contribution in [3.8, 4) is 11.8 Å². The summed E-state index contributed by atoms with van der Waals surface area (Å²) in [7, 11) is 0. The minimum Gasteiger partial charge on any atom is -0.381 e. The monoisotopic (exact) mass is 126 g/mol. The maximum Gasteiger partial charge on any atom is 0.111 e. The number of aliphatic hydroxyl groups is 1. The molecule has 0 bridgehead atoms. The predicted octanol–water partition coefficient (Wildman–Crippen LogP) is 1.56. The molecule has 1 N–H and O–H groups in total. The van der Waals surface area contributed by atoms with E-state index < -0.39 is 6.10 Å². The van der Waals surface area contributed by atoms with Crippen molar-refractivity contribution >= 4 is 0 Å². The van der Waals surface area contributed by atoms with E-state index in [1.807, 2.05) is 0 Å². The molecule has 0 heterocycles. The first-order valence-corrected chi connectivity index (χ1v) is 3.43. The highest BCUT2D eigenvalue weighted by atomic mass is 16.3. The average Bonchev–Trinajstić information content (AvgIpc) is 1.80. The Morgan fingerprint density at radius 1 is 1.56 bits per heavy atom. The van der Waals surface area contributed by atoms with Gasteiger partial charge < -0.3 is 5.11 Å². The number of rotatable bonds is 2. The highest BCUT2D eigenvalue weighted by Crippen LogP contribution is 1.90. The topological polar surface area (TPSA) is 20.2 Å². The molecule has 0 aliphatic rings. The Morgan fingerprint density at radius 2 is 2.22 bits per heavy atom. The molecule has 1 atom stereocenters. The lowest BCUT2D eigenvalue weighted by Gasteiger charge is -1.87. The zero-order chi connectivity index (χ0) is 7.11. The van der Waals surface area contributed by atoms with E-state index in [9.17, 15) is 0 Å². The molecule has 0 unspecified atom stereocenters. The number of hydrogen-bond acceptors (Lipinski definition) is 1. The lowest BCUT2D eigenvalue weighted by Crippen LogP contribution is -1.92. The van der Waals surface area contributed by atoms with Crippen LogP contribution in [0.3, 0.4) is 0 Å². The summed E-state index contributed by atoms with van der Waals surface area (Å²) in [5.41, 5.74) is 0. The molecular weight excluding hydrogens is 112 g/mol. The van der Waals surface area contributed by atoms with Gasteiger partial charge in [0.2, 0.25) is 0 Å². The van der Waals surface area contributed by atoms with Crippen LogP contribution in [0.4, 0.5) is 0 Å². The van der Waals surface area contributed by atoms with E-state index in [0.29, 0.717) is 0 Å². The van der Waals surface area contributed by atoms with Crippen molar-refractivity contribution in [3.63, 3.8) is 0 Å². The highest BCUT2D eigenvalue weighted by Gasteiger charge is 1.81. The number of aliphatic hydroxyl groups excluding tert-OH is 1. The molecule has 0 fully saturated rings. The van der Waals surface area contributed by atoms with Gasteiger partial charge in [-0.3, -0.25) is 0 Å². The van der Waals surface area contributed by atoms with Gasteiger partial charge in [0.15, 0.2) is 0 Å². The van der Waals surface area contributed by atoms with Crippen molar-refractivity contribution in [2.24, 2.45) is 0 Å². The molecule has 0 aliphatic heterocycles. The van der Waals surface area contributed by atoms with Crippen LogP contribution in [0.1, 0.15) is 33.1 Å². The molecule has 0 saturated heterocycles. The lowest BCUT2D eigenvalue weighted by atomic mass is 10.2. The smallest absolute Gasteiger partial charge is 0.111 e. The molecule has 0 rings (SSSR count). The molecule has 0 spiro atoms. The quantitative estimate of drug-likeness (QED) is 0.439. The summed E-state index contributed by atoms with van der Waals surface area (Å²) in [6.07, 6.45) is 2.78. The van der Waals surface area contributed by atoms with Crippen molar-refractivity contribution in [1.82, 2.24) is 0 Å². The van der Waals surface area contributed by atoms with Gasteiger partial charge in [-0.2, -0.15) is 0 Å². The Hall–Kier alpha value is -0.480. The summed E-state index contributed by atoms with van der Waals surface area (Å²) in [5.74, 6) is 5.57. The van der Waals surface area contributed by atoms with E-state index in [-0.39, 0.29) is 0 Å². The molecule has 1 heteroatoms. The molecule has 0 aromatic heterocycles. The third-order valence-electron chi connectivity index (χ3n) is 0.966. The van der Waals surface area contributed by atoms with Crippen LogP contribution in [-0.4, -0.2) is 11.2 Å². The van der Waals surface area contributed by atoms with E-state index in [2.05, 4.69) is 18.8 Å². The minimum atomic E-state index is -0.457. The summed E-state index contributed by atoms with van der Waals surface area (Å²) >= 11 is 0. The van der Waals surface area contributed by atoms with Crippen LogP contribution in [0, 0.1) is 11.8 Å². The molecule has 0 aromatic rings. The second-order valence-corrected chi connectivity index (χ2v) is 2.10. The Morgan fingerprint density at radius 3 is 2.67 bits per heavy atom. The first-order valence-electron chi connectivity index (χ1n) is 3.43. The van der Waals surface area contributed by atoms with Gasteiger partial charge in [0, 0.05) is 6.42 Å². The van der Waals surface area contributed by atoms with Gasteiger partial charge in [-0.25, -0.2) is 0 Å². The molecule has 0 aliphatic carbocycles. The van der Waals surface area contributed by atoms with Crippen LogP contribution in [0.15, 0.2) is 0 Å². The van der Waals surface area contributed by atoms with E-state index in [4.69, 9.17) is 5.11 Å². The predicted molar refractivity (Wildman–Crippen MR) is 39.0 cm³/mol. The molecular formula is C8H14O. The van der Waals surface area contributed by atoms with Crippen molar-refractivity contribution in [3.05, 3.63) is 0 Å². The van der Waals surface area contributed by atoms with Gasteiger partial charge in [0.25, 0.3) is 0 Å². The standard InChI is InChI=1S/C8H14O/c1-3-4-5-6-7-8(2)9/h8-9H,3-5H2,1-2H3/t8-/m1/s1. The number of unbranched alkanes of at least 4 members (excludes halogenated alkanes) is 2. The Balaban J connectivity index is 3.16. The molecule has 1 nitrogen and oxygen atoms in total. The maximum atomic E-state index is 8.68. The van der Waals surface area contributed by atoms with Crippen molar-refractivity contribution in [1.29, 1.82) is 0 Å². The molecule has 0 radical (unpaired) electrons. The normalized spacial score (nSPS) is 11.9. The summed E-state index contributed by atoms with van der Waals surface area (Å²) in [5, 5.41) is 8.68. The van der Waals surface area contributed by atoms with Gasteiger partial charge in [0.05, 0.1) is 0 Å². The van der Waals surface area contributed by atoms with Crippen LogP contribution in [0.2, 0.25) is 0 Å². The van der Waals surface area contributed by atoms with Gasteiger partial charge in [-0.15, -0.1) is 5.92 Å². The second kappa shape index (κ2) is 5.65. The summed E-state index contributed by atoms with van der Waals surface area (Å²) in [6, 6.07) is 0. The summed E-state index contributed by atoms with van der Waals surface area (Å²) in [4.78, 5) is 0. The van der Waals surface area contributed by atoms with Gasteiger partial charge in [-0.1, -0.05) is 19.3 Å². The van der Waals surface area contributed by atoms with Crippen molar-refractivity contribution in [2.45, 2.75) is 39.2 Å². The minimum absolute atomic E-state index is 0.457. The van der Waals surface area contributed by atoms with Gasteiger partial charge in [0.1, 0.15) is 6.10 Å². The zero-order valence-electron chi connectivity index (χ0n) is 6.15. The van der Waals surface area contributed by atoms with E-state index in [1.165, 1.54) is 6.42 Å². The average molecular weight is 126 g/mol. The van der Waals surface area contributed by atoms with Crippen LogP contribution in [0.25, 0.3) is 0 Å². The van der Waals surface area contributed by atoms with E-state index >= 15 is 0 Å². The fourth-order valence-corrected chi connectivity index (χ4v) is 0.485. The van der Waals surface area contributed by atoms with E-state index in [0.717, 1.165) is 12.8 Å². The number of hydrogen-bond donors (Lipinski definition) is 1. The van der Waals surface area contributed by atoms with Crippen LogP contribution >= 0.6 is 0 Å². The van der Waals surface area contributed by atoms with Gasteiger partial charge >= 0.3 is 0 Å². The van der Waals surface area contributed by atoms with Crippen LogP contribution in [-0.2, 0) is 0 Å². The Kier molecular flexibility index (Phi) is 5.35. The largest absolute Gasteiger partial charge is 0.381 e. The molecule has 0 aromatic carbocycles. The maximum absolute atomic E-state index is 8.68. The van der Waals surface area contributed by atoms with Crippen molar-refractivity contribution in [2.75, 3.05) is 0 Å². The molecule has 52 valence electrons. The Bertz CT molecular complexity index is 105.